The Labute approximate surface area is 181 Å². The third-order valence-electron chi connectivity index (χ3n) is 6.29. The van der Waals surface area contributed by atoms with Gasteiger partial charge < -0.3 is 4.90 Å². The first kappa shape index (κ1) is 19.8. The van der Waals surface area contributed by atoms with Gasteiger partial charge in [0.05, 0.1) is 17.1 Å². The van der Waals surface area contributed by atoms with Gasteiger partial charge in [0.15, 0.2) is 5.65 Å². The summed E-state index contributed by atoms with van der Waals surface area (Å²) < 4.78 is 1.80. The lowest BCUT2D eigenvalue weighted by atomic mass is 9.93. The van der Waals surface area contributed by atoms with Crippen LogP contribution < -0.4 is 0 Å². The zero-order valence-electron chi connectivity index (χ0n) is 18.5. The number of fused-ring (bicyclic) bond motifs is 1. The molecule has 0 aliphatic carbocycles. The molecular weight excluding hydrogens is 388 g/mol. The molecule has 0 spiro atoms. The van der Waals surface area contributed by atoms with Crippen molar-refractivity contribution in [1.82, 2.24) is 39.9 Å². The maximum Gasteiger partial charge on any atom is 0.158 e. The number of likely N-dealkylation sites (tertiary alicyclic amines) is 1. The molecule has 0 bridgehead atoms. The van der Waals surface area contributed by atoms with E-state index in [-0.39, 0.29) is 5.92 Å². The molecule has 31 heavy (non-hydrogen) atoms. The van der Waals surface area contributed by atoms with Crippen molar-refractivity contribution in [2.75, 3.05) is 20.1 Å². The highest BCUT2D eigenvalue weighted by Crippen LogP contribution is 2.35. The van der Waals surface area contributed by atoms with Crippen molar-refractivity contribution >= 4 is 5.65 Å². The van der Waals surface area contributed by atoms with Crippen LogP contribution in [0.5, 0.6) is 0 Å². The molecule has 5 rings (SSSR count). The van der Waals surface area contributed by atoms with Crippen molar-refractivity contribution in [3.8, 4) is 22.6 Å². The van der Waals surface area contributed by atoms with Crippen LogP contribution in [0.3, 0.4) is 0 Å². The fourth-order valence-electron chi connectivity index (χ4n) is 4.55. The highest BCUT2D eigenvalue weighted by atomic mass is 15.3. The lowest BCUT2D eigenvalue weighted by Gasteiger charge is -2.28. The van der Waals surface area contributed by atoms with Gasteiger partial charge in [-0.1, -0.05) is 13.8 Å². The normalized spacial score (nSPS) is 15.9. The van der Waals surface area contributed by atoms with E-state index in [1.165, 1.54) is 0 Å². The van der Waals surface area contributed by atoms with Crippen LogP contribution in [-0.4, -0.2) is 60.0 Å². The summed E-state index contributed by atoms with van der Waals surface area (Å²) in [7, 11) is 2.18. The molecule has 0 saturated carbocycles. The van der Waals surface area contributed by atoms with Crippen molar-refractivity contribution in [2.24, 2.45) is 0 Å². The molecule has 160 valence electrons. The van der Waals surface area contributed by atoms with E-state index < -0.39 is 0 Å². The van der Waals surface area contributed by atoms with E-state index in [1.807, 2.05) is 13.1 Å². The zero-order chi connectivity index (χ0) is 21.5. The minimum absolute atomic E-state index is 0.269. The third kappa shape index (κ3) is 3.61. The van der Waals surface area contributed by atoms with Gasteiger partial charge in [-0.15, -0.1) is 5.10 Å². The number of aromatic amines is 1. The van der Waals surface area contributed by atoms with Crippen molar-refractivity contribution < 1.29 is 0 Å². The van der Waals surface area contributed by atoms with Crippen LogP contribution in [0.25, 0.3) is 28.3 Å². The first-order chi connectivity index (χ1) is 15.0. The molecule has 0 unspecified atom stereocenters. The van der Waals surface area contributed by atoms with Crippen LogP contribution in [-0.2, 0) is 0 Å². The molecule has 1 saturated heterocycles. The Bertz CT molecular complexity index is 1200. The summed E-state index contributed by atoms with van der Waals surface area (Å²) in [4.78, 5) is 6.69. The number of hydrogen-bond donors (Lipinski definition) is 1. The van der Waals surface area contributed by atoms with Gasteiger partial charge in [0.1, 0.15) is 12.0 Å². The number of piperidine rings is 1. The smallest absolute Gasteiger partial charge is 0.158 e. The van der Waals surface area contributed by atoms with Crippen LogP contribution in [0.2, 0.25) is 0 Å². The zero-order valence-corrected chi connectivity index (χ0v) is 18.5. The largest absolute Gasteiger partial charge is 0.306 e. The Morgan fingerprint density at radius 2 is 1.94 bits per heavy atom. The Hall–Kier alpha value is -3.13. The van der Waals surface area contributed by atoms with E-state index in [9.17, 15) is 0 Å². The molecule has 5 heterocycles. The molecule has 0 radical (unpaired) electrons. The molecule has 4 aromatic rings. The minimum Gasteiger partial charge on any atom is -0.306 e. The molecular formula is C23H28N8. The Morgan fingerprint density at radius 3 is 2.65 bits per heavy atom. The van der Waals surface area contributed by atoms with E-state index in [2.05, 4.69) is 74.5 Å². The van der Waals surface area contributed by atoms with Gasteiger partial charge in [-0.25, -0.2) is 9.50 Å². The average Bonchev–Trinajstić information content (AvgIpc) is 3.42. The summed E-state index contributed by atoms with van der Waals surface area (Å²) >= 11 is 0. The summed E-state index contributed by atoms with van der Waals surface area (Å²) in [6.07, 6.45) is 5.84. The second kappa shape index (κ2) is 7.85. The van der Waals surface area contributed by atoms with Gasteiger partial charge in [-0.05, 0) is 69.6 Å². The summed E-state index contributed by atoms with van der Waals surface area (Å²) in [5.74, 6) is 0.767. The monoisotopic (exact) mass is 416 g/mol. The van der Waals surface area contributed by atoms with Crippen molar-refractivity contribution in [3.63, 3.8) is 0 Å². The lowest BCUT2D eigenvalue weighted by molar-refractivity contribution is 0.253. The number of hydrogen-bond acceptors (Lipinski definition) is 6. The van der Waals surface area contributed by atoms with Crippen LogP contribution >= 0.6 is 0 Å². The summed E-state index contributed by atoms with van der Waals surface area (Å²) in [5.41, 5.74) is 7.86. The molecule has 1 fully saturated rings. The second-order valence-corrected chi connectivity index (χ2v) is 8.88. The summed E-state index contributed by atoms with van der Waals surface area (Å²) in [5, 5.41) is 21.4. The van der Waals surface area contributed by atoms with E-state index in [0.717, 1.165) is 71.0 Å². The molecule has 1 N–H and O–H groups in total. The van der Waals surface area contributed by atoms with E-state index in [1.54, 1.807) is 10.8 Å². The fraction of sp³-hybridized carbons (Fsp3) is 0.435. The highest BCUT2D eigenvalue weighted by molar-refractivity contribution is 5.74. The maximum atomic E-state index is 4.68. The van der Waals surface area contributed by atoms with Gasteiger partial charge in [0.25, 0.3) is 0 Å². The number of H-pyrrole nitrogens is 1. The summed E-state index contributed by atoms with van der Waals surface area (Å²) in [6.45, 7) is 8.64. The molecule has 0 aromatic carbocycles. The predicted molar refractivity (Wildman–Crippen MR) is 120 cm³/mol. The van der Waals surface area contributed by atoms with Crippen LogP contribution in [0.4, 0.5) is 0 Å². The molecule has 4 aromatic heterocycles. The standard InChI is InChI=1S/C23H28N8/c1-14(2)20-21(17-11-15(3)23-24-13-25-31(23)12-17)28-29-22(20)19-6-5-18(26-27-19)16-7-9-30(4)10-8-16/h5-6,11-14,16H,7-10H2,1-4H3,(H,28,29). The maximum absolute atomic E-state index is 4.68. The second-order valence-electron chi connectivity index (χ2n) is 8.88. The Balaban J connectivity index is 1.51. The number of aryl methyl sites for hydroxylation is 1. The highest BCUT2D eigenvalue weighted by Gasteiger charge is 2.23. The average molecular weight is 417 g/mol. The molecule has 0 atom stereocenters. The number of nitrogens with one attached hydrogen (secondary N) is 1. The Kier molecular flexibility index (Phi) is 5.02. The van der Waals surface area contributed by atoms with Gasteiger partial charge in [0, 0.05) is 23.2 Å². The van der Waals surface area contributed by atoms with Gasteiger partial charge >= 0.3 is 0 Å². The first-order valence-corrected chi connectivity index (χ1v) is 10.9. The van der Waals surface area contributed by atoms with Gasteiger partial charge in [-0.3, -0.25) is 5.10 Å². The number of nitrogens with zero attached hydrogens (tertiary/aromatic N) is 7. The number of rotatable bonds is 4. The first-order valence-electron chi connectivity index (χ1n) is 10.9. The third-order valence-corrected chi connectivity index (χ3v) is 6.29. The molecule has 1 aliphatic rings. The molecule has 0 amide bonds. The number of aromatic nitrogens is 7. The van der Waals surface area contributed by atoms with Crippen molar-refractivity contribution in [2.45, 2.75) is 45.4 Å². The Morgan fingerprint density at radius 1 is 1.13 bits per heavy atom. The topological polar surface area (TPSA) is 87.9 Å². The van der Waals surface area contributed by atoms with E-state index in [0.29, 0.717) is 5.92 Å². The van der Waals surface area contributed by atoms with E-state index >= 15 is 0 Å². The van der Waals surface area contributed by atoms with Crippen molar-refractivity contribution in [1.29, 1.82) is 0 Å². The van der Waals surface area contributed by atoms with Gasteiger partial charge in [-0.2, -0.15) is 15.3 Å². The minimum atomic E-state index is 0.269. The van der Waals surface area contributed by atoms with Crippen LogP contribution in [0.15, 0.2) is 30.7 Å². The lowest BCUT2D eigenvalue weighted by Crippen LogP contribution is -2.29. The quantitative estimate of drug-likeness (QED) is 0.544. The SMILES string of the molecule is Cc1cc(-c2n[nH]c(-c3ccc(C4CCN(C)CC4)nn3)c2C(C)C)cn2ncnc12. The van der Waals surface area contributed by atoms with Crippen LogP contribution in [0, 0.1) is 6.92 Å². The fourth-order valence-corrected chi connectivity index (χ4v) is 4.55. The molecule has 8 nitrogen and oxygen atoms in total. The molecule has 1 aliphatic heterocycles. The van der Waals surface area contributed by atoms with Gasteiger partial charge in [0.2, 0.25) is 0 Å². The van der Waals surface area contributed by atoms with E-state index in [4.69, 9.17) is 0 Å². The summed E-state index contributed by atoms with van der Waals surface area (Å²) in [6, 6.07) is 6.33. The predicted octanol–water partition coefficient (Wildman–Crippen LogP) is 3.82. The molecule has 8 heteroatoms. The number of pyridine rings is 1. The van der Waals surface area contributed by atoms with Crippen molar-refractivity contribution in [3.05, 3.63) is 47.5 Å². The van der Waals surface area contributed by atoms with Crippen LogP contribution in [0.1, 0.15) is 55.3 Å².